The van der Waals surface area contributed by atoms with Crippen LogP contribution in [0.5, 0.6) is 0 Å². The number of hydrogen-bond donors (Lipinski definition) is 0. The van der Waals surface area contributed by atoms with Gasteiger partial charge in [0, 0.05) is 0 Å². The monoisotopic (exact) mass is 284 g/mol. The summed E-state index contributed by atoms with van der Waals surface area (Å²) in [7, 11) is 0. The van der Waals surface area contributed by atoms with Crippen LogP contribution in [0.15, 0.2) is 42.5 Å². The highest BCUT2D eigenvalue weighted by molar-refractivity contribution is 6.22. The first-order valence-electron chi connectivity index (χ1n) is 7.62. The zero-order chi connectivity index (χ0) is 13.9. The van der Waals surface area contributed by atoms with Gasteiger partial charge in [0.05, 0.1) is 5.38 Å². The van der Waals surface area contributed by atoms with Crippen LogP contribution in [-0.2, 0) is 19.3 Å². The Hall–Kier alpha value is -1.27. The van der Waals surface area contributed by atoms with Crippen LogP contribution in [0.4, 0.5) is 0 Å². The van der Waals surface area contributed by atoms with Crippen LogP contribution in [0, 0.1) is 0 Å². The van der Waals surface area contributed by atoms with E-state index in [2.05, 4.69) is 49.4 Å². The van der Waals surface area contributed by atoms with Crippen LogP contribution in [0.1, 0.15) is 53.0 Å². The summed E-state index contributed by atoms with van der Waals surface area (Å²) in [6.07, 6.45) is 6.16. The Morgan fingerprint density at radius 3 is 2.25 bits per heavy atom. The smallest absolute Gasteiger partial charge is 0.0835 e. The molecule has 20 heavy (non-hydrogen) atoms. The molecule has 0 aliphatic heterocycles. The molecule has 0 N–H and O–H groups in total. The van der Waals surface area contributed by atoms with Crippen molar-refractivity contribution in [1.29, 1.82) is 0 Å². The third-order valence-electron chi connectivity index (χ3n) is 4.35. The Kier molecular flexibility index (Phi) is 4.12. The molecule has 0 saturated heterocycles. The quantitative estimate of drug-likeness (QED) is 0.657. The molecule has 0 saturated carbocycles. The molecule has 0 amide bonds. The molecule has 1 unspecified atom stereocenters. The Morgan fingerprint density at radius 1 is 0.900 bits per heavy atom. The van der Waals surface area contributed by atoms with E-state index >= 15 is 0 Å². The SMILES string of the molecule is CCc1ccc(C(Cl)c2ccc3c(c2)CCCC3)cc1. The molecular formula is C19H21Cl. The van der Waals surface area contributed by atoms with Gasteiger partial charge in [-0.15, -0.1) is 11.6 Å². The molecule has 0 radical (unpaired) electrons. The van der Waals surface area contributed by atoms with E-state index in [1.807, 2.05) is 0 Å². The summed E-state index contributed by atoms with van der Waals surface area (Å²) in [4.78, 5) is 0. The normalized spacial score (nSPS) is 15.7. The molecular weight excluding hydrogens is 264 g/mol. The molecule has 0 heterocycles. The molecule has 0 fully saturated rings. The van der Waals surface area contributed by atoms with E-state index in [4.69, 9.17) is 11.6 Å². The predicted molar refractivity (Wildman–Crippen MR) is 86.6 cm³/mol. The van der Waals surface area contributed by atoms with Gasteiger partial charge in [-0.05, 0) is 59.9 Å². The average molecular weight is 285 g/mol. The van der Waals surface area contributed by atoms with Crippen LogP contribution in [0.2, 0.25) is 0 Å². The number of rotatable bonds is 3. The fourth-order valence-corrected chi connectivity index (χ4v) is 3.31. The summed E-state index contributed by atoms with van der Waals surface area (Å²) >= 11 is 6.67. The first kappa shape index (κ1) is 13.7. The zero-order valence-corrected chi connectivity index (χ0v) is 12.8. The Labute approximate surface area is 126 Å². The average Bonchev–Trinajstić information content (AvgIpc) is 2.54. The van der Waals surface area contributed by atoms with Crippen molar-refractivity contribution in [3.63, 3.8) is 0 Å². The van der Waals surface area contributed by atoms with Crippen LogP contribution in [0.3, 0.4) is 0 Å². The molecule has 104 valence electrons. The standard InChI is InChI=1S/C19H21Cl/c1-2-14-7-9-16(10-8-14)19(20)18-12-11-15-5-3-4-6-17(15)13-18/h7-13,19H,2-6H2,1H3. The number of fused-ring (bicyclic) bond motifs is 1. The highest BCUT2D eigenvalue weighted by Crippen LogP contribution is 2.32. The maximum Gasteiger partial charge on any atom is 0.0835 e. The summed E-state index contributed by atoms with van der Waals surface area (Å²) < 4.78 is 0. The Morgan fingerprint density at radius 2 is 1.55 bits per heavy atom. The Balaban J connectivity index is 1.87. The van der Waals surface area contributed by atoms with Crippen molar-refractivity contribution in [3.05, 3.63) is 70.3 Å². The molecule has 0 nitrogen and oxygen atoms in total. The lowest BCUT2D eigenvalue weighted by molar-refractivity contribution is 0.684. The van der Waals surface area contributed by atoms with Crippen molar-refractivity contribution < 1.29 is 0 Å². The minimum Gasteiger partial charge on any atom is -0.113 e. The van der Waals surface area contributed by atoms with Crippen molar-refractivity contribution in [1.82, 2.24) is 0 Å². The lowest BCUT2D eigenvalue weighted by atomic mass is 9.89. The zero-order valence-electron chi connectivity index (χ0n) is 12.0. The summed E-state index contributed by atoms with van der Waals surface area (Å²) in [5.41, 5.74) is 6.81. The molecule has 2 aromatic carbocycles. The number of halogens is 1. The van der Waals surface area contributed by atoms with Gasteiger partial charge >= 0.3 is 0 Å². The van der Waals surface area contributed by atoms with Gasteiger partial charge in [0.1, 0.15) is 0 Å². The van der Waals surface area contributed by atoms with Gasteiger partial charge in [-0.2, -0.15) is 0 Å². The molecule has 1 aliphatic rings. The maximum absolute atomic E-state index is 6.67. The van der Waals surface area contributed by atoms with Gasteiger partial charge in [-0.3, -0.25) is 0 Å². The van der Waals surface area contributed by atoms with E-state index in [1.165, 1.54) is 53.5 Å². The molecule has 0 aromatic heterocycles. The lowest BCUT2D eigenvalue weighted by Gasteiger charge is -2.18. The van der Waals surface area contributed by atoms with Gasteiger partial charge < -0.3 is 0 Å². The van der Waals surface area contributed by atoms with E-state index in [-0.39, 0.29) is 5.38 Å². The minimum atomic E-state index is -0.0341. The second-order valence-electron chi connectivity index (χ2n) is 5.69. The van der Waals surface area contributed by atoms with Crippen LogP contribution >= 0.6 is 11.6 Å². The van der Waals surface area contributed by atoms with E-state index in [1.54, 1.807) is 0 Å². The maximum atomic E-state index is 6.67. The van der Waals surface area contributed by atoms with E-state index in [0.29, 0.717) is 0 Å². The molecule has 0 bridgehead atoms. The molecule has 3 rings (SSSR count). The van der Waals surface area contributed by atoms with Gasteiger partial charge in [-0.1, -0.05) is 49.4 Å². The van der Waals surface area contributed by atoms with E-state index in [0.717, 1.165) is 6.42 Å². The van der Waals surface area contributed by atoms with E-state index < -0.39 is 0 Å². The molecule has 1 aliphatic carbocycles. The number of hydrogen-bond acceptors (Lipinski definition) is 0. The summed E-state index contributed by atoms with van der Waals surface area (Å²) in [5, 5.41) is -0.0341. The highest BCUT2D eigenvalue weighted by Gasteiger charge is 2.15. The van der Waals surface area contributed by atoms with Gasteiger partial charge in [0.15, 0.2) is 0 Å². The number of aryl methyl sites for hydroxylation is 3. The van der Waals surface area contributed by atoms with Crippen LogP contribution in [-0.4, -0.2) is 0 Å². The van der Waals surface area contributed by atoms with Gasteiger partial charge in [0.2, 0.25) is 0 Å². The predicted octanol–water partition coefficient (Wildman–Crippen LogP) is 5.46. The third kappa shape index (κ3) is 2.76. The Bertz CT molecular complexity index is 583. The van der Waals surface area contributed by atoms with Crippen LogP contribution in [0.25, 0.3) is 0 Å². The van der Waals surface area contributed by atoms with Crippen molar-refractivity contribution in [2.24, 2.45) is 0 Å². The number of benzene rings is 2. The summed E-state index contributed by atoms with van der Waals surface area (Å²) in [6, 6.07) is 15.5. The van der Waals surface area contributed by atoms with Gasteiger partial charge in [0.25, 0.3) is 0 Å². The van der Waals surface area contributed by atoms with Crippen molar-refractivity contribution in [2.45, 2.75) is 44.4 Å². The third-order valence-corrected chi connectivity index (χ3v) is 4.85. The van der Waals surface area contributed by atoms with E-state index in [9.17, 15) is 0 Å². The topological polar surface area (TPSA) is 0 Å². The minimum absolute atomic E-state index is 0.0341. The molecule has 2 aromatic rings. The van der Waals surface area contributed by atoms with Crippen LogP contribution < -0.4 is 0 Å². The van der Waals surface area contributed by atoms with Crippen molar-refractivity contribution in [2.75, 3.05) is 0 Å². The first-order valence-corrected chi connectivity index (χ1v) is 8.06. The second-order valence-corrected chi connectivity index (χ2v) is 6.13. The highest BCUT2D eigenvalue weighted by atomic mass is 35.5. The van der Waals surface area contributed by atoms with Crippen molar-refractivity contribution in [3.8, 4) is 0 Å². The fraction of sp³-hybridized carbons (Fsp3) is 0.368. The number of alkyl halides is 1. The molecule has 0 spiro atoms. The summed E-state index contributed by atoms with van der Waals surface area (Å²) in [6.45, 7) is 2.18. The lowest BCUT2D eigenvalue weighted by Crippen LogP contribution is -2.04. The summed E-state index contributed by atoms with van der Waals surface area (Å²) in [5.74, 6) is 0. The van der Waals surface area contributed by atoms with Crippen molar-refractivity contribution >= 4 is 11.6 Å². The van der Waals surface area contributed by atoms with Gasteiger partial charge in [-0.25, -0.2) is 0 Å². The second kappa shape index (κ2) is 6.01. The fourth-order valence-electron chi connectivity index (χ4n) is 3.03. The molecule has 1 atom stereocenters. The largest absolute Gasteiger partial charge is 0.113 e. The molecule has 1 heteroatoms. The first-order chi connectivity index (χ1) is 9.78.